The second-order valence-electron chi connectivity index (χ2n) is 5.47. The van der Waals surface area contributed by atoms with Gasteiger partial charge in [-0.15, -0.1) is 0 Å². The molecule has 0 fully saturated rings. The lowest BCUT2D eigenvalue weighted by molar-refractivity contribution is 0.847. The van der Waals surface area contributed by atoms with Crippen molar-refractivity contribution in [3.8, 4) is 11.4 Å². The SMILES string of the molecule is Cc1cc(C)c(-c2nc(Cl)c(C(C)C)c(Cl)n2)c(C)c1. The molecular formula is C16H18Cl2N2. The van der Waals surface area contributed by atoms with Gasteiger partial charge in [-0.25, -0.2) is 9.97 Å². The van der Waals surface area contributed by atoms with Gasteiger partial charge in [0.2, 0.25) is 0 Å². The van der Waals surface area contributed by atoms with Gasteiger partial charge in [0.1, 0.15) is 10.3 Å². The molecule has 0 saturated carbocycles. The number of aryl methyl sites for hydroxylation is 3. The van der Waals surface area contributed by atoms with E-state index in [0.29, 0.717) is 16.1 Å². The molecule has 20 heavy (non-hydrogen) atoms. The zero-order valence-electron chi connectivity index (χ0n) is 12.4. The van der Waals surface area contributed by atoms with Crippen LogP contribution in [0.2, 0.25) is 10.3 Å². The number of nitrogens with zero attached hydrogens (tertiary/aromatic N) is 2. The fourth-order valence-electron chi connectivity index (χ4n) is 2.54. The van der Waals surface area contributed by atoms with E-state index in [0.717, 1.165) is 22.3 Å². The first kappa shape index (κ1) is 15.3. The maximum absolute atomic E-state index is 6.28. The predicted molar refractivity (Wildman–Crippen MR) is 85.8 cm³/mol. The smallest absolute Gasteiger partial charge is 0.163 e. The lowest BCUT2D eigenvalue weighted by atomic mass is 9.99. The highest BCUT2D eigenvalue weighted by molar-refractivity contribution is 6.34. The highest BCUT2D eigenvalue weighted by Crippen LogP contribution is 2.33. The first-order chi connectivity index (χ1) is 9.31. The summed E-state index contributed by atoms with van der Waals surface area (Å²) >= 11 is 12.6. The molecule has 0 saturated heterocycles. The fourth-order valence-corrected chi connectivity index (χ4v) is 3.36. The molecule has 0 aliphatic rings. The molecule has 0 radical (unpaired) electrons. The highest BCUT2D eigenvalue weighted by atomic mass is 35.5. The molecule has 2 aromatic rings. The highest BCUT2D eigenvalue weighted by Gasteiger charge is 2.17. The van der Waals surface area contributed by atoms with Crippen molar-refractivity contribution in [2.24, 2.45) is 0 Å². The van der Waals surface area contributed by atoms with Crippen LogP contribution in [-0.2, 0) is 0 Å². The van der Waals surface area contributed by atoms with E-state index in [1.54, 1.807) is 0 Å². The molecule has 1 aromatic heterocycles. The Balaban J connectivity index is 2.66. The molecule has 2 rings (SSSR count). The van der Waals surface area contributed by atoms with Crippen LogP contribution >= 0.6 is 23.2 Å². The van der Waals surface area contributed by atoms with Crippen molar-refractivity contribution in [3.05, 3.63) is 44.7 Å². The average molecular weight is 309 g/mol. The van der Waals surface area contributed by atoms with Crippen molar-refractivity contribution in [2.75, 3.05) is 0 Å². The Morgan fingerprint density at radius 2 is 1.35 bits per heavy atom. The fraction of sp³-hybridized carbons (Fsp3) is 0.375. The number of hydrogen-bond acceptors (Lipinski definition) is 2. The predicted octanol–water partition coefficient (Wildman–Crippen LogP) is 5.50. The maximum atomic E-state index is 6.28. The molecule has 2 nitrogen and oxygen atoms in total. The van der Waals surface area contributed by atoms with Crippen molar-refractivity contribution in [1.29, 1.82) is 0 Å². The molecule has 0 unspecified atom stereocenters. The van der Waals surface area contributed by atoms with Crippen molar-refractivity contribution in [1.82, 2.24) is 9.97 Å². The Labute approximate surface area is 130 Å². The minimum absolute atomic E-state index is 0.198. The van der Waals surface area contributed by atoms with E-state index < -0.39 is 0 Å². The Hall–Kier alpha value is -1.12. The van der Waals surface area contributed by atoms with Gasteiger partial charge in [-0.05, 0) is 37.8 Å². The molecule has 1 aromatic carbocycles. The van der Waals surface area contributed by atoms with Crippen LogP contribution in [0.1, 0.15) is 42.0 Å². The van der Waals surface area contributed by atoms with Crippen molar-refractivity contribution in [3.63, 3.8) is 0 Å². The largest absolute Gasteiger partial charge is 0.216 e. The van der Waals surface area contributed by atoms with Gasteiger partial charge in [0.15, 0.2) is 5.82 Å². The standard InChI is InChI=1S/C16H18Cl2N2/c1-8(2)12-14(17)19-16(20-15(12)18)13-10(4)6-9(3)7-11(13)5/h6-8H,1-5H3. The summed E-state index contributed by atoms with van der Waals surface area (Å²) in [7, 11) is 0. The van der Waals surface area contributed by atoms with Gasteiger partial charge in [-0.2, -0.15) is 0 Å². The van der Waals surface area contributed by atoms with Gasteiger partial charge in [0, 0.05) is 11.1 Å². The summed E-state index contributed by atoms with van der Waals surface area (Å²) in [6.07, 6.45) is 0. The van der Waals surface area contributed by atoms with E-state index in [-0.39, 0.29) is 5.92 Å². The van der Waals surface area contributed by atoms with Crippen LogP contribution in [0.3, 0.4) is 0 Å². The van der Waals surface area contributed by atoms with E-state index in [1.165, 1.54) is 5.56 Å². The minimum atomic E-state index is 0.198. The Kier molecular flexibility index (Phi) is 4.36. The summed E-state index contributed by atoms with van der Waals surface area (Å²) in [6.45, 7) is 10.2. The van der Waals surface area contributed by atoms with Crippen LogP contribution in [-0.4, -0.2) is 9.97 Å². The van der Waals surface area contributed by atoms with Gasteiger partial charge >= 0.3 is 0 Å². The van der Waals surface area contributed by atoms with Crippen LogP contribution in [0, 0.1) is 20.8 Å². The maximum Gasteiger partial charge on any atom is 0.163 e. The second kappa shape index (κ2) is 5.71. The summed E-state index contributed by atoms with van der Waals surface area (Å²) in [5.74, 6) is 0.795. The first-order valence-corrected chi connectivity index (χ1v) is 7.38. The summed E-state index contributed by atoms with van der Waals surface area (Å²) in [4.78, 5) is 8.89. The van der Waals surface area contributed by atoms with Crippen LogP contribution < -0.4 is 0 Å². The van der Waals surface area contributed by atoms with E-state index in [9.17, 15) is 0 Å². The summed E-state index contributed by atoms with van der Waals surface area (Å²) < 4.78 is 0. The van der Waals surface area contributed by atoms with Crippen molar-refractivity contribution < 1.29 is 0 Å². The molecule has 1 heterocycles. The Bertz CT molecular complexity index is 618. The van der Waals surface area contributed by atoms with Crippen molar-refractivity contribution >= 4 is 23.2 Å². The van der Waals surface area contributed by atoms with E-state index >= 15 is 0 Å². The lowest BCUT2D eigenvalue weighted by Gasteiger charge is -2.14. The lowest BCUT2D eigenvalue weighted by Crippen LogP contribution is -2.01. The molecule has 0 aliphatic carbocycles. The van der Waals surface area contributed by atoms with Gasteiger partial charge in [0.25, 0.3) is 0 Å². The van der Waals surface area contributed by atoms with Crippen LogP contribution in [0.25, 0.3) is 11.4 Å². The number of aromatic nitrogens is 2. The summed E-state index contributed by atoms with van der Waals surface area (Å²) in [6, 6.07) is 4.23. The molecule has 4 heteroatoms. The van der Waals surface area contributed by atoms with Crippen LogP contribution in [0.5, 0.6) is 0 Å². The molecule has 106 valence electrons. The number of rotatable bonds is 2. The van der Waals surface area contributed by atoms with Gasteiger partial charge in [-0.1, -0.05) is 54.7 Å². The van der Waals surface area contributed by atoms with Gasteiger partial charge < -0.3 is 0 Å². The topological polar surface area (TPSA) is 25.8 Å². The molecule has 0 atom stereocenters. The molecule has 0 aliphatic heterocycles. The van der Waals surface area contributed by atoms with Crippen molar-refractivity contribution in [2.45, 2.75) is 40.5 Å². The molecular weight excluding hydrogens is 291 g/mol. The van der Waals surface area contributed by atoms with E-state index in [4.69, 9.17) is 23.2 Å². The first-order valence-electron chi connectivity index (χ1n) is 6.62. The molecule has 0 amide bonds. The summed E-state index contributed by atoms with van der Waals surface area (Å²) in [5, 5.41) is 0.878. The van der Waals surface area contributed by atoms with E-state index in [2.05, 4.69) is 42.9 Å². The van der Waals surface area contributed by atoms with Crippen LogP contribution in [0.15, 0.2) is 12.1 Å². The minimum Gasteiger partial charge on any atom is -0.216 e. The number of hydrogen-bond donors (Lipinski definition) is 0. The normalized spacial score (nSPS) is 11.2. The third-order valence-electron chi connectivity index (χ3n) is 3.33. The Morgan fingerprint density at radius 1 is 0.900 bits per heavy atom. The third-order valence-corrected chi connectivity index (χ3v) is 3.91. The zero-order chi connectivity index (χ0) is 15.0. The van der Waals surface area contributed by atoms with Gasteiger partial charge in [-0.3, -0.25) is 0 Å². The van der Waals surface area contributed by atoms with E-state index in [1.807, 2.05) is 13.8 Å². The van der Waals surface area contributed by atoms with Crippen LogP contribution in [0.4, 0.5) is 0 Å². The number of benzene rings is 1. The zero-order valence-corrected chi connectivity index (χ0v) is 13.9. The van der Waals surface area contributed by atoms with Gasteiger partial charge in [0.05, 0.1) is 0 Å². The Morgan fingerprint density at radius 3 is 1.75 bits per heavy atom. The quantitative estimate of drug-likeness (QED) is 0.685. The monoisotopic (exact) mass is 308 g/mol. The summed E-state index contributed by atoms with van der Waals surface area (Å²) in [5.41, 5.74) is 5.30. The molecule has 0 bridgehead atoms. The third kappa shape index (κ3) is 2.82. The molecule has 0 N–H and O–H groups in total. The number of halogens is 2. The average Bonchev–Trinajstić information content (AvgIpc) is 2.25. The second-order valence-corrected chi connectivity index (χ2v) is 6.19. The molecule has 0 spiro atoms.